The first-order chi connectivity index (χ1) is 10.2. The van der Waals surface area contributed by atoms with Crippen molar-refractivity contribution in [2.24, 2.45) is 0 Å². The molecule has 1 aliphatic rings. The largest absolute Gasteiger partial charge is 0.494 e. The lowest BCUT2D eigenvalue weighted by atomic mass is 10.1. The summed E-state index contributed by atoms with van der Waals surface area (Å²) in [5.41, 5.74) is 1.11. The number of ether oxygens (including phenoxy) is 1. The number of hydrogen-bond donors (Lipinski definition) is 1. The summed E-state index contributed by atoms with van der Waals surface area (Å²) in [5.74, 6) is 2.04. The number of benzene rings is 1. The molecule has 2 unspecified atom stereocenters. The molecule has 1 aliphatic heterocycles. The van der Waals surface area contributed by atoms with E-state index in [2.05, 4.69) is 11.6 Å². The number of nitrogens with zero attached hydrogens (tertiary/aromatic N) is 1. The van der Waals surface area contributed by atoms with Gasteiger partial charge >= 0.3 is 0 Å². The fourth-order valence-corrected chi connectivity index (χ4v) is 2.97. The molecule has 0 spiro atoms. The number of hydrogen-bond acceptors (Lipinski definition) is 4. The minimum absolute atomic E-state index is 0.0229. The van der Waals surface area contributed by atoms with Gasteiger partial charge in [0.2, 0.25) is 5.91 Å². The molecule has 1 amide bonds. The Morgan fingerprint density at radius 2 is 2.00 bits per heavy atom. The average Bonchev–Trinajstić information content (AvgIpc) is 2.82. The van der Waals surface area contributed by atoms with Gasteiger partial charge in [-0.1, -0.05) is 19.1 Å². The topological polar surface area (TPSA) is 41.6 Å². The maximum Gasteiger partial charge on any atom is 0.241 e. The zero-order valence-electron chi connectivity index (χ0n) is 13.0. The predicted octanol–water partition coefficient (Wildman–Crippen LogP) is 2.66. The van der Waals surface area contributed by atoms with Gasteiger partial charge in [-0.3, -0.25) is 10.1 Å². The van der Waals surface area contributed by atoms with E-state index >= 15 is 0 Å². The smallest absolute Gasteiger partial charge is 0.241 e. The van der Waals surface area contributed by atoms with Gasteiger partial charge < -0.3 is 9.64 Å². The van der Waals surface area contributed by atoms with Crippen LogP contribution in [0.2, 0.25) is 0 Å². The van der Waals surface area contributed by atoms with E-state index in [9.17, 15) is 4.79 Å². The van der Waals surface area contributed by atoms with E-state index in [4.69, 9.17) is 4.74 Å². The molecule has 1 aromatic carbocycles. The zero-order valence-corrected chi connectivity index (χ0v) is 13.8. The molecular weight excluding hydrogens is 284 g/mol. The Morgan fingerprint density at radius 1 is 1.29 bits per heavy atom. The van der Waals surface area contributed by atoms with Crippen molar-refractivity contribution in [2.45, 2.75) is 32.5 Å². The molecule has 5 heteroatoms. The Morgan fingerprint density at radius 3 is 2.57 bits per heavy atom. The van der Waals surface area contributed by atoms with E-state index in [1.54, 1.807) is 11.8 Å². The summed E-state index contributed by atoms with van der Waals surface area (Å²) >= 11 is 1.76. The Hall–Kier alpha value is -1.20. The van der Waals surface area contributed by atoms with Gasteiger partial charge in [0, 0.05) is 12.3 Å². The van der Waals surface area contributed by atoms with E-state index in [1.165, 1.54) is 0 Å². The Balaban J connectivity index is 2.16. The predicted molar refractivity (Wildman–Crippen MR) is 87.7 cm³/mol. The molecular formula is C16H24N2O2S. The molecule has 0 bridgehead atoms. The molecule has 0 radical (unpaired) electrons. The van der Waals surface area contributed by atoms with Gasteiger partial charge in [0.15, 0.2) is 0 Å². The third kappa shape index (κ3) is 3.71. The zero-order chi connectivity index (χ0) is 15.2. The molecule has 4 nitrogen and oxygen atoms in total. The van der Waals surface area contributed by atoms with Crippen LogP contribution in [-0.4, -0.2) is 42.0 Å². The van der Waals surface area contributed by atoms with E-state index in [-0.39, 0.29) is 18.1 Å². The van der Waals surface area contributed by atoms with Crippen LogP contribution in [0.1, 0.15) is 32.0 Å². The minimum atomic E-state index is -0.0663. The first kappa shape index (κ1) is 16.2. The number of nitrogens with one attached hydrogen (secondary N) is 1. The molecule has 1 aromatic rings. The molecule has 2 rings (SSSR count). The van der Waals surface area contributed by atoms with Gasteiger partial charge in [0.05, 0.1) is 12.6 Å². The van der Waals surface area contributed by atoms with E-state index in [1.807, 2.05) is 43.0 Å². The van der Waals surface area contributed by atoms with E-state index in [0.29, 0.717) is 6.61 Å². The highest BCUT2D eigenvalue weighted by Crippen LogP contribution is 2.28. The van der Waals surface area contributed by atoms with Gasteiger partial charge in [-0.15, -0.1) is 0 Å². The van der Waals surface area contributed by atoms with Crippen molar-refractivity contribution in [1.29, 1.82) is 0 Å². The highest BCUT2D eigenvalue weighted by Gasteiger charge is 2.38. The second kappa shape index (κ2) is 7.71. The summed E-state index contributed by atoms with van der Waals surface area (Å²) in [5, 5.41) is 3.44. The van der Waals surface area contributed by atoms with Crippen molar-refractivity contribution in [3.63, 3.8) is 0 Å². The quantitative estimate of drug-likeness (QED) is 0.841. The normalized spacial score (nSPS) is 21.9. The van der Waals surface area contributed by atoms with Crippen LogP contribution in [0.5, 0.6) is 5.75 Å². The van der Waals surface area contributed by atoms with Crippen molar-refractivity contribution in [2.75, 3.05) is 25.2 Å². The van der Waals surface area contributed by atoms with Crippen LogP contribution in [0.3, 0.4) is 0 Å². The number of thioether (sulfide) groups is 1. The molecule has 0 aromatic heterocycles. The molecule has 1 fully saturated rings. The van der Waals surface area contributed by atoms with Crippen LogP contribution in [0.4, 0.5) is 0 Å². The second-order valence-corrected chi connectivity index (χ2v) is 6.04. The summed E-state index contributed by atoms with van der Waals surface area (Å²) in [6.07, 6.45) is 2.87. The van der Waals surface area contributed by atoms with Crippen molar-refractivity contribution in [3.05, 3.63) is 29.8 Å². The summed E-state index contributed by atoms with van der Waals surface area (Å²) in [6.45, 7) is 5.46. The first-order valence-electron chi connectivity index (χ1n) is 7.49. The Labute approximate surface area is 131 Å². The number of rotatable bonds is 7. The van der Waals surface area contributed by atoms with Crippen LogP contribution >= 0.6 is 11.8 Å². The van der Waals surface area contributed by atoms with Crippen molar-refractivity contribution in [1.82, 2.24) is 10.2 Å². The van der Waals surface area contributed by atoms with Crippen LogP contribution in [0, 0.1) is 0 Å². The van der Waals surface area contributed by atoms with Gasteiger partial charge in [-0.05, 0) is 37.3 Å². The third-order valence-electron chi connectivity index (χ3n) is 3.70. The number of carbonyl (C=O) groups excluding carboxylic acids is 1. The summed E-state index contributed by atoms with van der Waals surface area (Å²) in [4.78, 5) is 14.4. The monoisotopic (exact) mass is 308 g/mol. The molecule has 0 aliphatic carbocycles. The van der Waals surface area contributed by atoms with Gasteiger partial charge in [-0.2, -0.15) is 11.8 Å². The van der Waals surface area contributed by atoms with Crippen molar-refractivity contribution in [3.8, 4) is 5.75 Å². The van der Waals surface area contributed by atoms with Gasteiger partial charge in [-0.25, -0.2) is 0 Å². The molecule has 1 heterocycles. The van der Waals surface area contributed by atoms with Crippen LogP contribution in [-0.2, 0) is 4.79 Å². The van der Waals surface area contributed by atoms with Crippen LogP contribution in [0.25, 0.3) is 0 Å². The minimum Gasteiger partial charge on any atom is -0.494 e. The molecule has 1 saturated heterocycles. The summed E-state index contributed by atoms with van der Waals surface area (Å²) in [6, 6.07) is 7.96. The average molecular weight is 308 g/mol. The Bertz CT molecular complexity index is 464. The van der Waals surface area contributed by atoms with Crippen LogP contribution in [0.15, 0.2) is 24.3 Å². The lowest BCUT2D eigenvalue weighted by Gasteiger charge is -2.24. The van der Waals surface area contributed by atoms with Crippen LogP contribution < -0.4 is 10.1 Å². The molecule has 21 heavy (non-hydrogen) atoms. The highest BCUT2D eigenvalue weighted by molar-refractivity contribution is 7.98. The Kier molecular flexibility index (Phi) is 5.94. The highest BCUT2D eigenvalue weighted by atomic mass is 32.2. The molecule has 2 atom stereocenters. The maximum atomic E-state index is 12.4. The second-order valence-electron chi connectivity index (χ2n) is 5.06. The first-order valence-corrected chi connectivity index (χ1v) is 8.88. The number of carbonyl (C=O) groups is 1. The van der Waals surface area contributed by atoms with E-state index in [0.717, 1.165) is 30.0 Å². The van der Waals surface area contributed by atoms with Crippen molar-refractivity contribution < 1.29 is 9.53 Å². The SMILES string of the molecule is CCOc1ccc(C2NC(CC)C(=O)N2CCSC)cc1. The third-order valence-corrected chi connectivity index (χ3v) is 4.29. The van der Waals surface area contributed by atoms with Gasteiger partial charge in [0.1, 0.15) is 11.9 Å². The fraction of sp³-hybridized carbons (Fsp3) is 0.562. The lowest BCUT2D eigenvalue weighted by Crippen LogP contribution is -2.32. The fourth-order valence-electron chi connectivity index (χ4n) is 2.59. The number of amides is 1. The maximum absolute atomic E-state index is 12.4. The van der Waals surface area contributed by atoms with Gasteiger partial charge in [0.25, 0.3) is 0 Å². The summed E-state index contributed by atoms with van der Waals surface area (Å²) in [7, 11) is 0. The summed E-state index contributed by atoms with van der Waals surface area (Å²) < 4.78 is 5.47. The van der Waals surface area contributed by atoms with Crippen molar-refractivity contribution >= 4 is 17.7 Å². The lowest BCUT2D eigenvalue weighted by molar-refractivity contribution is -0.129. The standard InChI is InChI=1S/C16H24N2O2S/c1-4-14-16(19)18(10-11-21-3)15(17-14)12-6-8-13(9-7-12)20-5-2/h6-9,14-15,17H,4-5,10-11H2,1-3H3. The molecule has 116 valence electrons. The molecule has 1 N–H and O–H groups in total. The molecule has 0 saturated carbocycles. The van der Waals surface area contributed by atoms with E-state index < -0.39 is 0 Å².